The zero-order valence-corrected chi connectivity index (χ0v) is 9.94. The Balaban J connectivity index is 2.07. The zero-order valence-electron chi connectivity index (χ0n) is 9.94. The van der Waals surface area contributed by atoms with Crippen LogP contribution < -0.4 is 0 Å². The number of ketones is 1. The molecule has 1 rings (SSSR count). The molecule has 1 atom stereocenters. The molecule has 14 heavy (non-hydrogen) atoms. The van der Waals surface area contributed by atoms with E-state index in [2.05, 4.69) is 20.8 Å². The van der Waals surface area contributed by atoms with E-state index < -0.39 is 0 Å². The summed E-state index contributed by atoms with van der Waals surface area (Å²) in [4.78, 5) is 11.4. The van der Waals surface area contributed by atoms with Gasteiger partial charge in [-0.25, -0.2) is 0 Å². The van der Waals surface area contributed by atoms with Gasteiger partial charge in [0, 0.05) is 12.3 Å². The highest BCUT2D eigenvalue weighted by Crippen LogP contribution is 2.28. The predicted octanol–water partition coefficient (Wildman–Crippen LogP) is 3.96. The Kier molecular flexibility index (Phi) is 4.15. The fourth-order valence-corrected chi connectivity index (χ4v) is 2.24. The van der Waals surface area contributed by atoms with Gasteiger partial charge in [0.15, 0.2) is 0 Å². The Labute approximate surface area is 88.3 Å². The first-order valence-corrected chi connectivity index (χ1v) is 6.02. The lowest BCUT2D eigenvalue weighted by atomic mass is 9.88. The highest BCUT2D eigenvalue weighted by Gasteiger charge is 2.23. The van der Waals surface area contributed by atoms with E-state index in [0.717, 1.165) is 25.7 Å². The van der Waals surface area contributed by atoms with Crippen LogP contribution in [0.15, 0.2) is 0 Å². The fraction of sp³-hybridized carbons (Fsp3) is 0.923. The minimum absolute atomic E-state index is 0.426. The average molecular weight is 196 g/mol. The molecule has 0 heterocycles. The van der Waals surface area contributed by atoms with Crippen molar-refractivity contribution in [1.82, 2.24) is 0 Å². The van der Waals surface area contributed by atoms with Crippen LogP contribution in [0.25, 0.3) is 0 Å². The summed E-state index contributed by atoms with van der Waals surface area (Å²) in [5.41, 5.74) is 0.458. The second kappa shape index (κ2) is 4.95. The van der Waals surface area contributed by atoms with Crippen molar-refractivity contribution in [1.29, 1.82) is 0 Å². The van der Waals surface area contributed by atoms with Gasteiger partial charge in [0.25, 0.3) is 0 Å². The van der Waals surface area contributed by atoms with Crippen LogP contribution >= 0.6 is 0 Å². The quantitative estimate of drug-likeness (QED) is 0.622. The molecule has 0 radical (unpaired) electrons. The lowest BCUT2D eigenvalue weighted by Crippen LogP contribution is -2.07. The second-order valence-electron chi connectivity index (χ2n) is 5.86. The summed E-state index contributed by atoms with van der Waals surface area (Å²) >= 11 is 0. The summed E-state index contributed by atoms with van der Waals surface area (Å²) in [7, 11) is 0. The molecule has 0 aromatic carbocycles. The number of carbonyl (C=O) groups is 1. The molecule has 0 saturated heterocycles. The lowest BCUT2D eigenvalue weighted by Gasteiger charge is -2.18. The molecule has 1 heteroatoms. The number of hydrogen-bond acceptors (Lipinski definition) is 1. The molecule has 0 aromatic heterocycles. The molecule has 1 nitrogen and oxygen atoms in total. The van der Waals surface area contributed by atoms with Crippen molar-refractivity contribution >= 4 is 5.78 Å². The van der Waals surface area contributed by atoms with Crippen LogP contribution in [0.1, 0.15) is 65.7 Å². The van der Waals surface area contributed by atoms with Gasteiger partial charge in [-0.05, 0) is 31.1 Å². The molecule has 1 unspecified atom stereocenters. The molecule has 1 saturated carbocycles. The summed E-state index contributed by atoms with van der Waals surface area (Å²) in [5, 5.41) is 0. The van der Waals surface area contributed by atoms with Crippen LogP contribution in [-0.2, 0) is 4.79 Å². The average Bonchev–Trinajstić information content (AvgIpc) is 2.44. The fourth-order valence-electron chi connectivity index (χ4n) is 2.24. The largest absolute Gasteiger partial charge is 0.299 e. The van der Waals surface area contributed by atoms with Crippen molar-refractivity contribution in [2.45, 2.75) is 65.7 Å². The maximum absolute atomic E-state index is 11.4. The minimum Gasteiger partial charge on any atom is -0.299 e. The van der Waals surface area contributed by atoms with Gasteiger partial charge in [-0.2, -0.15) is 0 Å². The summed E-state index contributed by atoms with van der Waals surface area (Å²) < 4.78 is 0. The van der Waals surface area contributed by atoms with Gasteiger partial charge in [-0.1, -0.05) is 33.6 Å². The summed E-state index contributed by atoms with van der Waals surface area (Å²) in [5.74, 6) is 0.954. The van der Waals surface area contributed by atoms with E-state index in [-0.39, 0.29) is 0 Å². The van der Waals surface area contributed by atoms with Crippen LogP contribution in [0.4, 0.5) is 0 Å². The van der Waals surface area contributed by atoms with Gasteiger partial charge in [0.1, 0.15) is 5.78 Å². The first-order valence-electron chi connectivity index (χ1n) is 6.02. The first-order chi connectivity index (χ1) is 6.49. The Morgan fingerprint density at radius 2 is 2.00 bits per heavy atom. The topological polar surface area (TPSA) is 17.1 Å². The Morgan fingerprint density at radius 1 is 1.29 bits per heavy atom. The van der Waals surface area contributed by atoms with Crippen LogP contribution in [0.2, 0.25) is 0 Å². The van der Waals surface area contributed by atoms with Crippen LogP contribution in [0.5, 0.6) is 0 Å². The third-order valence-corrected chi connectivity index (χ3v) is 3.16. The summed E-state index contributed by atoms with van der Waals surface area (Å²) in [6.45, 7) is 6.86. The van der Waals surface area contributed by atoms with Crippen molar-refractivity contribution in [2.24, 2.45) is 11.3 Å². The van der Waals surface area contributed by atoms with Gasteiger partial charge in [-0.15, -0.1) is 0 Å². The smallest absolute Gasteiger partial charge is 0.135 e. The van der Waals surface area contributed by atoms with Crippen molar-refractivity contribution in [3.63, 3.8) is 0 Å². The van der Waals surface area contributed by atoms with Crippen LogP contribution in [0, 0.1) is 11.3 Å². The number of rotatable bonds is 4. The third kappa shape index (κ3) is 4.26. The van der Waals surface area contributed by atoms with Gasteiger partial charge < -0.3 is 0 Å². The molecular weight excluding hydrogens is 172 g/mol. The first kappa shape index (κ1) is 11.7. The van der Waals surface area contributed by atoms with Crippen molar-refractivity contribution in [2.75, 3.05) is 0 Å². The molecular formula is C13H24O. The van der Waals surface area contributed by atoms with Gasteiger partial charge >= 0.3 is 0 Å². The number of Topliss-reactive ketones (excluding diaryl/α,β-unsaturated/α-hetero) is 1. The van der Waals surface area contributed by atoms with Crippen molar-refractivity contribution in [3.05, 3.63) is 0 Å². The van der Waals surface area contributed by atoms with E-state index in [1.807, 2.05) is 0 Å². The van der Waals surface area contributed by atoms with Gasteiger partial charge in [-0.3, -0.25) is 4.79 Å². The van der Waals surface area contributed by atoms with E-state index in [9.17, 15) is 4.79 Å². The summed E-state index contributed by atoms with van der Waals surface area (Å²) in [6, 6.07) is 0. The third-order valence-electron chi connectivity index (χ3n) is 3.16. The minimum atomic E-state index is 0.426. The Bertz CT molecular complexity index is 188. The highest BCUT2D eigenvalue weighted by atomic mass is 16.1. The van der Waals surface area contributed by atoms with E-state index in [4.69, 9.17) is 0 Å². The molecule has 0 N–H and O–H groups in total. The maximum atomic E-state index is 11.4. The molecule has 1 aliphatic carbocycles. The maximum Gasteiger partial charge on any atom is 0.135 e. The van der Waals surface area contributed by atoms with E-state index in [1.54, 1.807) is 0 Å². The molecule has 0 spiro atoms. The standard InChI is InChI=1S/C13H24O/c1-13(2,3)10-5-4-7-11-8-6-9-12(11)14/h11H,4-10H2,1-3H3. The van der Waals surface area contributed by atoms with Crippen LogP contribution in [-0.4, -0.2) is 5.78 Å². The lowest BCUT2D eigenvalue weighted by molar-refractivity contribution is -0.120. The van der Waals surface area contributed by atoms with Crippen molar-refractivity contribution < 1.29 is 4.79 Å². The van der Waals surface area contributed by atoms with Crippen LogP contribution in [0.3, 0.4) is 0 Å². The molecule has 0 amide bonds. The zero-order chi connectivity index (χ0) is 10.6. The second-order valence-corrected chi connectivity index (χ2v) is 5.86. The molecule has 1 aliphatic rings. The Hall–Kier alpha value is -0.330. The number of hydrogen-bond donors (Lipinski definition) is 0. The highest BCUT2D eigenvalue weighted by molar-refractivity contribution is 5.82. The van der Waals surface area contributed by atoms with Gasteiger partial charge in [0.2, 0.25) is 0 Å². The van der Waals surface area contributed by atoms with E-state index in [1.165, 1.54) is 19.3 Å². The molecule has 82 valence electrons. The predicted molar refractivity (Wildman–Crippen MR) is 60.3 cm³/mol. The molecule has 0 bridgehead atoms. The van der Waals surface area contributed by atoms with E-state index >= 15 is 0 Å². The SMILES string of the molecule is CC(C)(C)CCCCC1CCCC1=O. The molecule has 1 fully saturated rings. The van der Waals surface area contributed by atoms with Crippen molar-refractivity contribution in [3.8, 4) is 0 Å². The number of carbonyl (C=O) groups excluding carboxylic acids is 1. The summed E-state index contributed by atoms with van der Waals surface area (Å²) in [6.07, 6.45) is 8.12. The monoisotopic (exact) mass is 196 g/mol. The van der Waals surface area contributed by atoms with Gasteiger partial charge in [0.05, 0.1) is 0 Å². The Morgan fingerprint density at radius 3 is 2.50 bits per heavy atom. The molecule has 0 aliphatic heterocycles. The number of unbranched alkanes of at least 4 members (excludes halogenated alkanes) is 1. The normalized spacial score (nSPS) is 23.1. The van der Waals surface area contributed by atoms with E-state index in [0.29, 0.717) is 17.1 Å². The molecule has 0 aromatic rings.